The van der Waals surface area contributed by atoms with E-state index in [9.17, 15) is 44.4 Å². The molecule has 1 amide bonds. The first-order valence-electron chi connectivity index (χ1n) is 15.5. The number of phenolic OH excluding ortho intramolecular Hbond substituents is 1. The summed E-state index contributed by atoms with van der Waals surface area (Å²) in [5, 5.41) is 48.8. The van der Waals surface area contributed by atoms with Crippen LogP contribution in [0.2, 0.25) is 0 Å². The van der Waals surface area contributed by atoms with Crippen LogP contribution in [-0.2, 0) is 25.5 Å². The first-order chi connectivity index (χ1) is 22.6. The van der Waals surface area contributed by atoms with E-state index in [1.807, 2.05) is 0 Å². The maximum absolute atomic E-state index is 14.4. The highest BCUT2D eigenvalue weighted by Gasteiger charge is 2.63. The fourth-order valence-electron chi connectivity index (χ4n) is 7.31. The molecule has 3 aliphatic carbocycles. The van der Waals surface area contributed by atoms with Crippen molar-refractivity contribution >= 4 is 34.9 Å². The number of rotatable bonds is 8. The number of benzene rings is 2. The lowest BCUT2D eigenvalue weighted by Gasteiger charge is -2.50. The Morgan fingerprint density at radius 3 is 2.35 bits per heavy atom. The number of hydrogen-bond acceptors (Lipinski definition) is 12. The summed E-state index contributed by atoms with van der Waals surface area (Å²) in [5.74, 6) is -7.59. The quantitative estimate of drug-likeness (QED) is 0.205. The fraction of sp³-hybridized carbons (Fsp3) is 0.400. The lowest BCUT2D eigenvalue weighted by atomic mass is 9.58. The molecule has 0 heterocycles. The Balaban J connectivity index is 1.64. The van der Waals surface area contributed by atoms with Crippen LogP contribution >= 0.6 is 0 Å². The molecule has 0 saturated carbocycles. The topological polar surface area (TPSA) is 194 Å². The van der Waals surface area contributed by atoms with Crippen LogP contribution in [0, 0.1) is 11.8 Å². The first-order valence-corrected chi connectivity index (χ1v) is 15.5. The molecule has 5 rings (SSSR count). The summed E-state index contributed by atoms with van der Waals surface area (Å²) in [6.07, 6.45) is 0.145. The second-order valence-electron chi connectivity index (χ2n) is 12.8. The van der Waals surface area contributed by atoms with Crippen LogP contribution in [0.4, 0.5) is 5.69 Å². The number of nitrogens with zero attached hydrogens (tertiary/aromatic N) is 2. The number of nitrogens with one attached hydrogen (secondary N) is 1. The number of amides is 1. The molecular formula is C35H39N3O10. The van der Waals surface area contributed by atoms with E-state index in [1.54, 1.807) is 63.1 Å². The second kappa shape index (κ2) is 12.5. The minimum Gasteiger partial charge on any atom is -0.510 e. The van der Waals surface area contributed by atoms with Crippen molar-refractivity contribution in [1.82, 2.24) is 10.2 Å². The Hall–Kier alpha value is -5.01. The van der Waals surface area contributed by atoms with Crippen molar-refractivity contribution in [3.63, 3.8) is 0 Å². The molecule has 0 spiro atoms. The van der Waals surface area contributed by atoms with Crippen molar-refractivity contribution in [3.8, 4) is 16.9 Å². The molecule has 0 bridgehead atoms. The van der Waals surface area contributed by atoms with E-state index >= 15 is 0 Å². The molecule has 0 fully saturated rings. The zero-order valence-corrected chi connectivity index (χ0v) is 27.6. The molecular weight excluding hydrogens is 622 g/mol. The molecule has 0 saturated heterocycles. The number of anilines is 1. The van der Waals surface area contributed by atoms with Gasteiger partial charge in [0.05, 0.1) is 18.2 Å². The SMILES string of the molecule is CCOC(=O)CNC(=O)c1cccc(-c2cc(N(C)C)c3c(c2O)C(=O)C2=C(O)[C@]4(O)C(=O)C(C(C)=O)=C(O)[C@H](N(C)C)[C@@H]4C[C@@H]2C3)c1. The van der Waals surface area contributed by atoms with E-state index in [0.717, 1.165) is 6.92 Å². The van der Waals surface area contributed by atoms with Crippen molar-refractivity contribution < 1.29 is 49.1 Å². The Morgan fingerprint density at radius 2 is 1.75 bits per heavy atom. The van der Waals surface area contributed by atoms with Gasteiger partial charge in [-0.1, -0.05) is 12.1 Å². The standard InChI is InChI=1S/C35H39N3O10/c1-7-48-24(40)15-36-34(46)18-10-8-9-17(11-18)20-14-23(37(3)4)21-12-19-13-22-28(38(5)6)31(43)25(16(2)39)32(44)35(22,47)33(45)26(19)30(42)27(21)29(20)41/h8-11,14,19,22,28,41,43,45,47H,7,12-13,15H2,1-6H3,(H,36,46)/t19-,22-,28+,35+/m0/s1. The van der Waals surface area contributed by atoms with Gasteiger partial charge in [0.1, 0.15) is 29.4 Å². The van der Waals surface area contributed by atoms with Gasteiger partial charge in [0.25, 0.3) is 5.91 Å². The molecule has 254 valence electrons. The smallest absolute Gasteiger partial charge is 0.325 e. The monoisotopic (exact) mass is 661 g/mol. The number of phenols is 1. The van der Waals surface area contributed by atoms with E-state index in [1.165, 1.54) is 12.1 Å². The van der Waals surface area contributed by atoms with Crippen LogP contribution < -0.4 is 10.2 Å². The van der Waals surface area contributed by atoms with Crippen LogP contribution in [0.25, 0.3) is 11.1 Å². The number of hydrogen-bond donors (Lipinski definition) is 5. The van der Waals surface area contributed by atoms with Gasteiger partial charge in [0.15, 0.2) is 17.2 Å². The van der Waals surface area contributed by atoms with Crippen molar-refractivity contribution in [3.05, 3.63) is 69.7 Å². The Kier molecular flexibility index (Phi) is 8.97. The molecule has 13 nitrogen and oxygen atoms in total. The summed E-state index contributed by atoms with van der Waals surface area (Å²) in [5.41, 5.74) is -1.90. The van der Waals surface area contributed by atoms with Gasteiger partial charge in [-0.2, -0.15) is 0 Å². The number of likely N-dealkylation sites (N-methyl/N-ethyl adjacent to an activating group) is 1. The molecule has 2 aromatic rings. The van der Waals surface area contributed by atoms with Crippen LogP contribution in [0.1, 0.15) is 46.5 Å². The summed E-state index contributed by atoms with van der Waals surface area (Å²) < 4.78 is 4.85. The molecule has 3 aliphatic rings. The van der Waals surface area contributed by atoms with Crippen LogP contribution in [0.15, 0.2) is 53.0 Å². The number of ether oxygens (including phenoxy) is 1. The highest BCUT2D eigenvalue weighted by molar-refractivity contribution is 6.25. The molecule has 13 heteroatoms. The number of allylic oxidation sites excluding steroid dienone is 1. The Bertz CT molecular complexity index is 1820. The molecule has 48 heavy (non-hydrogen) atoms. The third-order valence-corrected chi connectivity index (χ3v) is 9.42. The van der Waals surface area contributed by atoms with E-state index in [0.29, 0.717) is 16.8 Å². The van der Waals surface area contributed by atoms with Crippen LogP contribution in [0.3, 0.4) is 0 Å². The third-order valence-electron chi connectivity index (χ3n) is 9.42. The van der Waals surface area contributed by atoms with E-state index in [4.69, 9.17) is 4.74 Å². The van der Waals surface area contributed by atoms with Gasteiger partial charge in [0.2, 0.25) is 5.78 Å². The van der Waals surface area contributed by atoms with Crippen LogP contribution in [0.5, 0.6) is 5.75 Å². The molecule has 0 aliphatic heterocycles. The van der Waals surface area contributed by atoms with Gasteiger partial charge < -0.3 is 35.4 Å². The first kappa shape index (κ1) is 34.3. The highest BCUT2D eigenvalue weighted by atomic mass is 16.5. The number of aliphatic hydroxyl groups excluding tert-OH is 2. The third kappa shape index (κ3) is 5.32. The summed E-state index contributed by atoms with van der Waals surface area (Å²) in [6.45, 7) is 2.54. The van der Waals surface area contributed by atoms with Gasteiger partial charge >= 0.3 is 5.97 Å². The van der Waals surface area contributed by atoms with Gasteiger partial charge in [0, 0.05) is 42.4 Å². The summed E-state index contributed by atoms with van der Waals surface area (Å²) >= 11 is 0. The molecule has 5 N–H and O–H groups in total. The lowest BCUT2D eigenvalue weighted by Crippen LogP contribution is -2.63. The van der Waals surface area contributed by atoms with E-state index in [-0.39, 0.29) is 48.3 Å². The number of ketones is 3. The maximum atomic E-state index is 14.4. The van der Waals surface area contributed by atoms with E-state index < -0.39 is 75.5 Å². The predicted molar refractivity (Wildman–Crippen MR) is 174 cm³/mol. The minimum absolute atomic E-state index is 0.00322. The van der Waals surface area contributed by atoms with Gasteiger partial charge in [-0.05, 0) is 76.0 Å². The highest BCUT2D eigenvalue weighted by Crippen LogP contribution is 2.54. The van der Waals surface area contributed by atoms with Crippen molar-refractivity contribution in [2.45, 2.75) is 38.3 Å². The average molecular weight is 662 g/mol. The number of carbonyl (C=O) groups is 5. The summed E-state index contributed by atoms with van der Waals surface area (Å²) in [6, 6.07) is 6.90. The number of Topliss-reactive ketones (excluding diaryl/α,β-unsaturated/α-hetero) is 3. The number of esters is 1. The van der Waals surface area contributed by atoms with Crippen molar-refractivity contribution in [2.24, 2.45) is 11.8 Å². The maximum Gasteiger partial charge on any atom is 0.325 e. The van der Waals surface area contributed by atoms with E-state index in [2.05, 4.69) is 5.32 Å². The summed E-state index contributed by atoms with van der Waals surface area (Å²) in [7, 11) is 6.73. The van der Waals surface area contributed by atoms with Gasteiger partial charge in [-0.25, -0.2) is 0 Å². The Labute approximate surface area is 277 Å². The zero-order chi connectivity index (χ0) is 35.4. The Morgan fingerprint density at radius 1 is 1.06 bits per heavy atom. The predicted octanol–water partition coefficient (Wildman–Crippen LogP) is 2.25. The fourth-order valence-corrected chi connectivity index (χ4v) is 7.31. The molecule has 4 atom stereocenters. The van der Waals surface area contributed by atoms with Gasteiger partial charge in [-0.15, -0.1) is 0 Å². The summed E-state index contributed by atoms with van der Waals surface area (Å²) in [4.78, 5) is 68.4. The normalized spacial score (nSPS) is 23.4. The zero-order valence-electron chi connectivity index (χ0n) is 27.6. The average Bonchev–Trinajstić information content (AvgIpc) is 3.01. The number of fused-ring (bicyclic) bond motifs is 3. The lowest BCUT2D eigenvalue weighted by molar-refractivity contribution is -0.148. The second-order valence-corrected chi connectivity index (χ2v) is 12.8. The van der Waals surface area contributed by atoms with Crippen molar-refractivity contribution in [2.75, 3.05) is 46.2 Å². The molecule has 2 aromatic carbocycles. The number of aromatic hydroxyl groups is 1. The minimum atomic E-state index is -2.68. The molecule has 0 aromatic heterocycles. The largest absolute Gasteiger partial charge is 0.510 e. The van der Waals surface area contributed by atoms with Gasteiger partial charge in [-0.3, -0.25) is 28.9 Å². The van der Waals surface area contributed by atoms with Crippen molar-refractivity contribution in [1.29, 1.82) is 0 Å². The number of aliphatic hydroxyl groups is 3. The molecule has 0 radical (unpaired) electrons. The van der Waals surface area contributed by atoms with Crippen LogP contribution in [-0.4, -0.2) is 108 Å². The number of carbonyl (C=O) groups excluding carboxylic acids is 5. The molecule has 0 unspecified atom stereocenters.